The molecule has 1 atom stereocenters. The largest absolute Gasteiger partial charge is 0.497 e. The van der Waals surface area contributed by atoms with E-state index in [1.165, 1.54) is 10.6 Å². The molecule has 1 amide bonds. The summed E-state index contributed by atoms with van der Waals surface area (Å²) in [4.78, 5) is 17.1. The van der Waals surface area contributed by atoms with Crippen LogP contribution in [0.5, 0.6) is 5.75 Å². The predicted molar refractivity (Wildman–Crippen MR) is 99.9 cm³/mol. The van der Waals surface area contributed by atoms with Crippen LogP contribution in [0.1, 0.15) is 28.9 Å². The molecule has 1 N–H and O–H groups in total. The molecule has 1 aliphatic rings. The van der Waals surface area contributed by atoms with Crippen molar-refractivity contribution < 1.29 is 17.9 Å². The van der Waals surface area contributed by atoms with Gasteiger partial charge in [-0.2, -0.15) is 4.31 Å². The lowest BCUT2D eigenvalue weighted by molar-refractivity contribution is 0.0946. The molecule has 1 saturated heterocycles. The number of hydrogen-bond donors (Lipinski definition) is 1. The van der Waals surface area contributed by atoms with E-state index in [1.807, 2.05) is 18.2 Å². The molecule has 3 rings (SSSR count). The second-order valence-electron chi connectivity index (χ2n) is 6.56. The summed E-state index contributed by atoms with van der Waals surface area (Å²) in [5.74, 6) is 0.469. The summed E-state index contributed by atoms with van der Waals surface area (Å²) in [6.45, 7) is 2.59. The number of ether oxygens (including phenoxy) is 1. The summed E-state index contributed by atoms with van der Waals surface area (Å²) in [7, 11) is -1.65. The van der Waals surface area contributed by atoms with Gasteiger partial charge in [0.05, 0.1) is 30.1 Å². The minimum absolute atomic E-state index is 0.188. The molecule has 26 heavy (non-hydrogen) atoms. The lowest BCUT2D eigenvalue weighted by Crippen LogP contribution is -2.42. The molecule has 0 spiro atoms. The van der Waals surface area contributed by atoms with Crippen LogP contribution in [0.25, 0.3) is 10.9 Å². The zero-order valence-corrected chi connectivity index (χ0v) is 16.0. The number of hydrogen-bond acceptors (Lipinski definition) is 5. The number of aromatic nitrogens is 1. The topological polar surface area (TPSA) is 88.6 Å². The number of fused-ring (bicyclic) bond motifs is 1. The van der Waals surface area contributed by atoms with E-state index in [-0.39, 0.29) is 11.9 Å². The second kappa shape index (κ2) is 7.20. The Labute approximate surface area is 153 Å². The van der Waals surface area contributed by atoms with Gasteiger partial charge in [-0.1, -0.05) is 0 Å². The van der Waals surface area contributed by atoms with Crippen molar-refractivity contribution in [1.82, 2.24) is 14.6 Å². The lowest BCUT2D eigenvalue weighted by Gasteiger charge is -2.22. The molecule has 2 aromatic rings. The summed E-state index contributed by atoms with van der Waals surface area (Å²) < 4.78 is 30.3. The molecular formula is C18H23N3O4S. The number of methoxy groups -OCH3 is 1. The first kappa shape index (κ1) is 18.6. The molecule has 0 unspecified atom stereocenters. The molecule has 0 bridgehead atoms. The Bertz CT molecular complexity index is 943. The summed E-state index contributed by atoms with van der Waals surface area (Å²) in [6, 6.07) is 7.12. The molecule has 1 aromatic carbocycles. The molecule has 1 aliphatic heterocycles. The first-order valence-electron chi connectivity index (χ1n) is 8.50. The number of rotatable bonds is 5. The molecule has 1 aromatic heterocycles. The predicted octanol–water partition coefficient (Wildman–Crippen LogP) is 1.71. The second-order valence-corrected chi connectivity index (χ2v) is 8.49. The Hall–Kier alpha value is -2.19. The van der Waals surface area contributed by atoms with Gasteiger partial charge < -0.3 is 10.1 Å². The number of carbonyl (C=O) groups is 1. The SMILES string of the molecule is COc1ccc2cc(C(=O)NC[C@H]3CCCN3S(C)(=O)=O)c(C)nc2c1. The minimum atomic E-state index is -3.25. The number of benzene rings is 1. The van der Waals surface area contributed by atoms with Crippen molar-refractivity contribution in [2.24, 2.45) is 0 Å². The van der Waals surface area contributed by atoms with Gasteiger partial charge in [0.15, 0.2) is 0 Å². The van der Waals surface area contributed by atoms with Gasteiger partial charge in [0.25, 0.3) is 5.91 Å². The fourth-order valence-corrected chi connectivity index (χ4v) is 4.54. The maximum Gasteiger partial charge on any atom is 0.253 e. The smallest absolute Gasteiger partial charge is 0.253 e. The first-order valence-corrected chi connectivity index (χ1v) is 10.3. The van der Waals surface area contributed by atoms with E-state index in [1.54, 1.807) is 20.1 Å². The van der Waals surface area contributed by atoms with E-state index < -0.39 is 10.0 Å². The van der Waals surface area contributed by atoms with Crippen molar-refractivity contribution in [3.8, 4) is 5.75 Å². The molecule has 0 radical (unpaired) electrons. The molecule has 0 saturated carbocycles. The molecule has 0 aliphatic carbocycles. The maximum atomic E-state index is 12.6. The van der Waals surface area contributed by atoms with Crippen LogP contribution in [-0.2, 0) is 10.0 Å². The zero-order valence-electron chi connectivity index (χ0n) is 15.2. The highest BCUT2D eigenvalue weighted by molar-refractivity contribution is 7.88. The maximum absolute atomic E-state index is 12.6. The van der Waals surface area contributed by atoms with Gasteiger partial charge in [0, 0.05) is 30.6 Å². The normalized spacial score (nSPS) is 18.2. The average molecular weight is 377 g/mol. The van der Waals surface area contributed by atoms with Crippen molar-refractivity contribution in [2.75, 3.05) is 26.5 Å². The Morgan fingerprint density at radius 3 is 2.85 bits per heavy atom. The summed E-state index contributed by atoms with van der Waals surface area (Å²) in [5, 5.41) is 3.71. The quantitative estimate of drug-likeness (QED) is 0.857. The minimum Gasteiger partial charge on any atom is -0.497 e. The first-order chi connectivity index (χ1) is 12.3. The van der Waals surface area contributed by atoms with Crippen LogP contribution in [0.2, 0.25) is 0 Å². The number of carbonyl (C=O) groups excluding carboxylic acids is 1. The molecule has 140 valence electrons. The number of nitrogens with zero attached hydrogens (tertiary/aromatic N) is 2. The Morgan fingerprint density at radius 2 is 2.15 bits per heavy atom. The Kier molecular flexibility index (Phi) is 5.15. The zero-order chi connectivity index (χ0) is 18.9. The van der Waals surface area contributed by atoms with Crippen molar-refractivity contribution >= 4 is 26.8 Å². The third kappa shape index (κ3) is 3.81. The van der Waals surface area contributed by atoms with Gasteiger partial charge in [-0.25, -0.2) is 8.42 Å². The van der Waals surface area contributed by atoms with Crippen LogP contribution in [0, 0.1) is 6.92 Å². The van der Waals surface area contributed by atoms with Crippen LogP contribution < -0.4 is 10.1 Å². The highest BCUT2D eigenvalue weighted by Gasteiger charge is 2.31. The summed E-state index contributed by atoms with van der Waals surface area (Å²) in [6.07, 6.45) is 2.77. The fraction of sp³-hybridized carbons (Fsp3) is 0.444. The number of sulfonamides is 1. The summed E-state index contributed by atoms with van der Waals surface area (Å²) in [5.41, 5.74) is 1.87. The average Bonchev–Trinajstić information content (AvgIpc) is 3.07. The van der Waals surface area contributed by atoms with E-state index in [4.69, 9.17) is 4.74 Å². The standard InChI is InChI=1S/C18H23N3O4S/c1-12-16(9-13-6-7-15(25-2)10-17(13)20-12)18(22)19-11-14-5-4-8-21(14)26(3,23)24/h6-7,9-10,14H,4-5,8,11H2,1-3H3,(H,19,22)/t14-/m1/s1. The number of aryl methyl sites for hydroxylation is 1. The third-order valence-corrected chi connectivity index (χ3v) is 6.04. The van der Waals surface area contributed by atoms with Gasteiger partial charge >= 0.3 is 0 Å². The van der Waals surface area contributed by atoms with Crippen molar-refractivity contribution in [3.63, 3.8) is 0 Å². The summed E-state index contributed by atoms with van der Waals surface area (Å²) >= 11 is 0. The van der Waals surface area contributed by atoms with Crippen molar-refractivity contribution in [3.05, 3.63) is 35.5 Å². The van der Waals surface area contributed by atoms with Crippen LogP contribution in [0.3, 0.4) is 0 Å². The molecule has 8 heteroatoms. The molecule has 7 nitrogen and oxygen atoms in total. The van der Waals surface area contributed by atoms with Gasteiger partial charge in [0.2, 0.25) is 10.0 Å². The monoisotopic (exact) mass is 377 g/mol. The van der Waals surface area contributed by atoms with E-state index >= 15 is 0 Å². The van der Waals surface area contributed by atoms with Crippen molar-refractivity contribution in [2.45, 2.75) is 25.8 Å². The molecule has 1 fully saturated rings. The highest BCUT2D eigenvalue weighted by atomic mass is 32.2. The van der Waals surface area contributed by atoms with Gasteiger partial charge in [-0.3, -0.25) is 9.78 Å². The van der Waals surface area contributed by atoms with Gasteiger partial charge in [-0.05, 0) is 38.0 Å². The molecular weight excluding hydrogens is 354 g/mol. The fourth-order valence-electron chi connectivity index (χ4n) is 3.36. The Morgan fingerprint density at radius 1 is 1.38 bits per heavy atom. The highest BCUT2D eigenvalue weighted by Crippen LogP contribution is 2.22. The third-order valence-electron chi connectivity index (χ3n) is 4.71. The van der Waals surface area contributed by atoms with Crippen LogP contribution in [-0.4, -0.2) is 56.1 Å². The van der Waals surface area contributed by atoms with E-state index in [2.05, 4.69) is 10.3 Å². The number of nitrogens with one attached hydrogen (secondary N) is 1. The number of pyridine rings is 1. The van der Waals surface area contributed by atoms with Crippen LogP contribution >= 0.6 is 0 Å². The van der Waals surface area contributed by atoms with E-state index in [0.29, 0.717) is 30.1 Å². The van der Waals surface area contributed by atoms with Gasteiger partial charge in [-0.15, -0.1) is 0 Å². The lowest BCUT2D eigenvalue weighted by atomic mass is 10.1. The molecule has 2 heterocycles. The Balaban J connectivity index is 1.76. The van der Waals surface area contributed by atoms with Gasteiger partial charge in [0.1, 0.15) is 5.75 Å². The number of amides is 1. The van der Waals surface area contributed by atoms with Crippen molar-refractivity contribution in [1.29, 1.82) is 0 Å². The van der Waals surface area contributed by atoms with Crippen LogP contribution in [0.4, 0.5) is 0 Å². The van der Waals surface area contributed by atoms with Crippen LogP contribution in [0.15, 0.2) is 24.3 Å². The van der Waals surface area contributed by atoms with E-state index in [0.717, 1.165) is 23.7 Å². The van der Waals surface area contributed by atoms with E-state index in [9.17, 15) is 13.2 Å².